The minimum atomic E-state index is -1.62. The maximum absolute atomic E-state index is 13.0. The number of rotatable bonds is 36. The van der Waals surface area contributed by atoms with Crippen LogP contribution in [0.1, 0.15) is 181 Å². The van der Waals surface area contributed by atoms with Crippen molar-refractivity contribution in [2.24, 2.45) is 0 Å². The van der Waals surface area contributed by atoms with E-state index in [1.54, 1.807) is 6.08 Å². The number of aliphatic hydroxyl groups is 6. The van der Waals surface area contributed by atoms with Crippen molar-refractivity contribution in [2.45, 2.75) is 230 Å². The summed E-state index contributed by atoms with van der Waals surface area (Å²) in [4.78, 5) is 13.0. The molecule has 1 fully saturated rings. The van der Waals surface area contributed by atoms with E-state index >= 15 is 0 Å². The summed E-state index contributed by atoms with van der Waals surface area (Å²) in [5, 5.41) is 64.5. The fraction of sp³-hybridized carbons (Fsp3) is 0.844. The van der Waals surface area contributed by atoms with Crippen molar-refractivity contribution in [3.8, 4) is 0 Å². The molecular weight excluding hydrogens is 698 g/mol. The van der Waals surface area contributed by atoms with Crippen molar-refractivity contribution in [1.29, 1.82) is 0 Å². The zero-order chi connectivity index (χ0) is 40.4. The Balaban J connectivity index is 2.48. The maximum atomic E-state index is 13.0. The molecule has 0 radical (unpaired) electrons. The van der Waals surface area contributed by atoms with Crippen LogP contribution in [0.2, 0.25) is 0 Å². The van der Waals surface area contributed by atoms with Crippen LogP contribution >= 0.6 is 0 Å². The Hall–Kier alpha value is -1.63. The molecule has 1 aliphatic rings. The highest BCUT2D eigenvalue weighted by atomic mass is 16.7. The van der Waals surface area contributed by atoms with E-state index in [1.807, 2.05) is 6.08 Å². The van der Waals surface area contributed by atoms with E-state index in [0.29, 0.717) is 19.3 Å². The van der Waals surface area contributed by atoms with Crippen molar-refractivity contribution in [1.82, 2.24) is 5.32 Å². The lowest BCUT2D eigenvalue weighted by Gasteiger charge is -2.40. The Morgan fingerprint density at radius 1 is 0.618 bits per heavy atom. The van der Waals surface area contributed by atoms with Crippen LogP contribution in [0.3, 0.4) is 0 Å². The average Bonchev–Trinajstić information content (AvgIpc) is 3.18. The van der Waals surface area contributed by atoms with Crippen LogP contribution in [-0.2, 0) is 14.3 Å². The van der Waals surface area contributed by atoms with Gasteiger partial charge >= 0.3 is 0 Å². The van der Waals surface area contributed by atoms with Crippen LogP contribution in [0.4, 0.5) is 0 Å². The van der Waals surface area contributed by atoms with E-state index in [4.69, 9.17) is 9.47 Å². The molecule has 0 aliphatic carbocycles. The molecule has 1 aliphatic heterocycles. The maximum Gasteiger partial charge on any atom is 0.249 e. The highest BCUT2D eigenvalue weighted by molar-refractivity contribution is 5.80. The normalized spacial score (nSPS) is 22.2. The standard InChI is InChI=1S/C45H83NO9/c1-3-5-7-9-11-13-15-17-19-21-23-25-27-29-31-33-38(48)37(36-54-45-43(52)42(51)41(50)40(35-47)55-45)46-44(53)39(49)34-32-30-28-26-24-22-20-18-16-14-12-10-8-6-4-2/h15,17,23,25,31,33,37-43,45,47-52H,3-14,16,18-22,24,26-30,32,34-36H2,1-2H3,(H,46,53)/b17-15+,25-23+,33-31+. The molecule has 8 atom stereocenters. The second kappa shape index (κ2) is 35.5. The first-order valence-electron chi connectivity index (χ1n) is 22.3. The van der Waals surface area contributed by atoms with Gasteiger partial charge in [-0.15, -0.1) is 0 Å². The smallest absolute Gasteiger partial charge is 0.249 e. The van der Waals surface area contributed by atoms with E-state index in [2.05, 4.69) is 43.5 Å². The molecule has 1 rings (SSSR count). The summed E-state index contributed by atoms with van der Waals surface area (Å²) in [6, 6.07) is -0.999. The molecule has 8 unspecified atom stereocenters. The first-order chi connectivity index (χ1) is 26.8. The van der Waals surface area contributed by atoms with E-state index in [9.17, 15) is 35.4 Å². The van der Waals surface area contributed by atoms with Gasteiger partial charge in [-0.2, -0.15) is 0 Å². The SMILES string of the molecule is CCCCCCC/C=C/CC/C=C/CC/C=C/C(O)C(COC1OC(CO)C(O)C(O)C1O)NC(=O)C(O)CCCCCCCCCCCCCCCCC. The molecule has 10 heteroatoms. The van der Waals surface area contributed by atoms with Gasteiger partial charge in [0.1, 0.15) is 30.5 Å². The largest absolute Gasteiger partial charge is 0.394 e. The number of unbranched alkanes of at least 4 members (excludes halogenated alkanes) is 21. The number of allylic oxidation sites excluding steroid dienone is 5. The predicted molar refractivity (Wildman–Crippen MR) is 222 cm³/mol. The van der Waals surface area contributed by atoms with Crippen LogP contribution in [0.5, 0.6) is 0 Å². The van der Waals surface area contributed by atoms with Crippen LogP contribution in [-0.4, -0.2) is 98.7 Å². The van der Waals surface area contributed by atoms with Gasteiger partial charge in [0.15, 0.2) is 6.29 Å². The summed E-state index contributed by atoms with van der Waals surface area (Å²) in [6.07, 6.45) is 32.3. The van der Waals surface area contributed by atoms with Gasteiger partial charge < -0.3 is 45.4 Å². The second-order valence-electron chi connectivity index (χ2n) is 15.6. The summed E-state index contributed by atoms with van der Waals surface area (Å²) >= 11 is 0. The fourth-order valence-electron chi connectivity index (χ4n) is 6.84. The Labute approximate surface area is 334 Å². The number of amides is 1. The van der Waals surface area contributed by atoms with Crippen LogP contribution < -0.4 is 5.32 Å². The van der Waals surface area contributed by atoms with E-state index in [1.165, 1.54) is 103 Å². The van der Waals surface area contributed by atoms with Crippen molar-refractivity contribution >= 4 is 5.91 Å². The minimum absolute atomic E-state index is 0.303. The Morgan fingerprint density at radius 3 is 1.58 bits per heavy atom. The molecule has 10 nitrogen and oxygen atoms in total. The summed E-state index contributed by atoms with van der Waals surface area (Å²) in [7, 11) is 0. The van der Waals surface area contributed by atoms with Crippen molar-refractivity contribution in [3.63, 3.8) is 0 Å². The number of aliphatic hydroxyl groups excluding tert-OH is 6. The number of ether oxygens (including phenoxy) is 2. The van der Waals surface area contributed by atoms with Gasteiger partial charge in [0.25, 0.3) is 0 Å². The monoisotopic (exact) mass is 782 g/mol. The molecule has 0 aromatic carbocycles. The molecule has 1 saturated heterocycles. The minimum Gasteiger partial charge on any atom is -0.394 e. The number of hydrogen-bond donors (Lipinski definition) is 7. The number of hydrogen-bond acceptors (Lipinski definition) is 9. The van der Waals surface area contributed by atoms with Gasteiger partial charge in [-0.1, -0.05) is 172 Å². The molecule has 0 spiro atoms. The topological polar surface area (TPSA) is 169 Å². The zero-order valence-electron chi connectivity index (χ0n) is 34.8. The molecule has 1 heterocycles. The van der Waals surface area contributed by atoms with Crippen LogP contribution in [0.15, 0.2) is 36.5 Å². The van der Waals surface area contributed by atoms with Crippen molar-refractivity contribution < 1.29 is 44.9 Å². The highest BCUT2D eigenvalue weighted by Gasteiger charge is 2.44. The predicted octanol–water partition coefficient (Wildman–Crippen LogP) is 7.86. The lowest BCUT2D eigenvalue weighted by molar-refractivity contribution is -0.302. The quantitative estimate of drug-likeness (QED) is 0.0247. The van der Waals surface area contributed by atoms with Gasteiger partial charge in [0, 0.05) is 0 Å². The van der Waals surface area contributed by atoms with E-state index < -0.39 is 61.5 Å². The van der Waals surface area contributed by atoms with Gasteiger partial charge in [0.05, 0.1) is 25.4 Å². The number of nitrogens with one attached hydrogen (secondary N) is 1. The molecule has 0 aromatic rings. The average molecular weight is 782 g/mol. The third-order valence-electron chi connectivity index (χ3n) is 10.6. The first-order valence-corrected chi connectivity index (χ1v) is 22.3. The van der Waals surface area contributed by atoms with E-state index in [-0.39, 0.29) is 6.61 Å². The van der Waals surface area contributed by atoms with Crippen LogP contribution in [0, 0.1) is 0 Å². The van der Waals surface area contributed by atoms with Gasteiger partial charge in [-0.3, -0.25) is 4.79 Å². The van der Waals surface area contributed by atoms with Gasteiger partial charge in [-0.05, 0) is 44.9 Å². The Kier molecular flexibility index (Phi) is 33.2. The summed E-state index contributed by atoms with van der Waals surface area (Å²) in [5.74, 6) is -0.631. The lowest BCUT2D eigenvalue weighted by atomic mass is 9.99. The molecule has 0 bridgehead atoms. The highest BCUT2D eigenvalue weighted by Crippen LogP contribution is 2.22. The van der Waals surface area contributed by atoms with Gasteiger partial charge in [0.2, 0.25) is 5.91 Å². The summed E-state index contributed by atoms with van der Waals surface area (Å²) in [6.45, 7) is 3.56. The third-order valence-corrected chi connectivity index (χ3v) is 10.6. The van der Waals surface area contributed by atoms with Crippen molar-refractivity contribution in [2.75, 3.05) is 13.2 Å². The summed E-state index contributed by atoms with van der Waals surface area (Å²) < 4.78 is 11.1. The Bertz CT molecular complexity index is 974. The molecular formula is C45H83NO9. The van der Waals surface area contributed by atoms with Crippen molar-refractivity contribution in [3.05, 3.63) is 36.5 Å². The molecule has 322 valence electrons. The molecule has 7 N–H and O–H groups in total. The first kappa shape index (κ1) is 51.4. The number of carbonyl (C=O) groups excluding carboxylic acids is 1. The fourth-order valence-corrected chi connectivity index (χ4v) is 6.84. The molecule has 0 aromatic heterocycles. The van der Waals surface area contributed by atoms with E-state index in [0.717, 1.165) is 44.9 Å². The number of carbonyl (C=O) groups is 1. The lowest BCUT2D eigenvalue weighted by Crippen LogP contribution is -2.60. The summed E-state index contributed by atoms with van der Waals surface area (Å²) in [5.41, 5.74) is 0. The molecule has 55 heavy (non-hydrogen) atoms. The van der Waals surface area contributed by atoms with Gasteiger partial charge in [-0.25, -0.2) is 0 Å². The third kappa shape index (κ3) is 26.1. The molecule has 1 amide bonds. The second-order valence-corrected chi connectivity index (χ2v) is 15.6. The zero-order valence-corrected chi connectivity index (χ0v) is 34.8. The van der Waals surface area contributed by atoms with Crippen LogP contribution in [0.25, 0.3) is 0 Å². The molecule has 0 saturated carbocycles. The Morgan fingerprint density at radius 2 is 1.07 bits per heavy atom.